The van der Waals surface area contributed by atoms with E-state index in [1.54, 1.807) is 17.9 Å². The first-order chi connectivity index (χ1) is 11.7. The minimum atomic E-state index is -0.721. The van der Waals surface area contributed by atoms with E-state index in [1.165, 1.54) is 12.0 Å². The van der Waals surface area contributed by atoms with Crippen LogP contribution in [0.2, 0.25) is 0 Å². The fraction of sp³-hybridized carbons (Fsp3) is 0.474. The third-order valence-electron chi connectivity index (χ3n) is 3.87. The van der Waals surface area contributed by atoms with Gasteiger partial charge in [-0.3, -0.25) is 4.79 Å². The summed E-state index contributed by atoms with van der Waals surface area (Å²) in [5, 5.41) is 14.5. The summed E-state index contributed by atoms with van der Waals surface area (Å²) in [6, 6.07) is 9.69. The summed E-state index contributed by atoms with van der Waals surface area (Å²) in [5.41, 5.74) is 1.89. The highest BCUT2D eigenvalue weighted by Crippen LogP contribution is 2.26. The molecule has 2 rings (SSSR count). The largest absolute Gasteiger partial charge is 0.389 e. The fourth-order valence-electron chi connectivity index (χ4n) is 2.65. The molecule has 0 spiro atoms. The van der Waals surface area contributed by atoms with E-state index in [0.29, 0.717) is 5.56 Å². The molecule has 0 bridgehead atoms. The molecule has 6 heteroatoms. The molecule has 1 aromatic carbocycles. The van der Waals surface area contributed by atoms with Gasteiger partial charge in [-0.05, 0) is 12.1 Å². The molecule has 0 saturated heterocycles. The summed E-state index contributed by atoms with van der Waals surface area (Å²) < 4.78 is 6.65. The van der Waals surface area contributed by atoms with E-state index in [1.807, 2.05) is 51.1 Å². The number of amides is 1. The summed E-state index contributed by atoms with van der Waals surface area (Å²) >= 11 is 0. The average Bonchev–Trinajstić information content (AvgIpc) is 3.00. The van der Waals surface area contributed by atoms with Gasteiger partial charge in [-0.15, -0.1) is 0 Å². The Morgan fingerprint density at radius 1 is 1.32 bits per heavy atom. The molecular formula is C19H27N3O3. The van der Waals surface area contributed by atoms with Crippen LogP contribution >= 0.6 is 0 Å². The first kappa shape index (κ1) is 19.1. The zero-order chi connectivity index (χ0) is 18.6. The number of hydrogen-bond donors (Lipinski definition) is 1. The second-order valence-electron chi connectivity index (χ2n) is 7.22. The molecule has 136 valence electrons. The molecule has 1 atom stereocenters. The summed E-state index contributed by atoms with van der Waals surface area (Å²) in [6.45, 7) is 6.48. The average molecular weight is 345 g/mol. The quantitative estimate of drug-likeness (QED) is 0.872. The van der Waals surface area contributed by atoms with Crippen LogP contribution in [0.15, 0.2) is 36.5 Å². The van der Waals surface area contributed by atoms with Gasteiger partial charge in [-0.25, -0.2) is 4.68 Å². The minimum absolute atomic E-state index is 0.165. The Hall–Kier alpha value is -2.18. The van der Waals surface area contributed by atoms with Crippen molar-refractivity contribution in [2.45, 2.75) is 32.3 Å². The molecule has 0 aliphatic heterocycles. The lowest BCUT2D eigenvalue weighted by molar-refractivity contribution is 0.0379. The third kappa shape index (κ3) is 4.67. The number of para-hydroxylation sites is 1. The molecule has 2 aromatic rings. The highest BCUT2D eigenvalue weighted by Gasteiger charge is 2.28. The second-order valence-corrected chi connectivity index (χ2v) is 7.22. The Morgan fingerprint density at radius 2 is 1.96 bits per heavy atom. The van der Waals surface area contributed by atoms with Gasteiger partial charge >= 0.3 is 0 Å². The lowest BCUT2D eigenvalue weighted by atomic mass is 9.89. The van der Waals surface area contributed by atoms with Crippen LogP contribution < -0.4 is 0 Å². The number of likely N-dealkylation sites (N-methyl/N-ethyl adjacent to an activating group) is 1. The van der Waals surface area contributed by atoms with Gasteiger partial charge in [0.1, 0.15) is 0 Å². The zero-order valence-electron chi connectivity index (χ0n) is 15.6. The Labute approximate surface area is 149 Å². The first-order valence-electron chi connectivity index (χ1n) is 8.32. The molecule has 0 radical (unpaired) electrons. The van der Waals surface area contributed by atoms with Crippen LogP contribution in [0.5, 0.6) is 0 Å². The maximum Gasteiger partial charge on any atom is 0.257 e. The Bertz CT molecular complexity index is 704. The van der Waals surface area contributed by atoms with Gasteiger partial charge in [0.15, 0.2) is 0 Å². The number of carbonyl (C=O) groups is 1. The van der Waals surface area contributed by atoms with Crippen molar-refractivity contribution in [2.75, 3.05) is 27.3 Å². The monoisotopic (exact) mass is 345 g/mol. The lowest BCUT2D eigenvalue weighted by Gasteiger charge is -2.22. The van der Waals surface area contributed by atoms with Gasteiger partial charge in [0, 0.05) is 32.3 Å². The normalized spacial score (nSPS) is 12.9. The number of rotatable bonds is 6. The van der Waals surface area contributed by atoms with E-state index in [2.05, 4.69) is 5.10 Å². The fourth-order valence-corrected chi connectivity index (χ4v) is 2.65. The summed E-state index contributed by atoms with van der Waals surface area (Å²) in [4.78, 5) is 14.4. The van der Waals surface area contributed by atoms with Gasteiger partial charge in [-0.2, -0.15) is 5.10 Å². The van der Waals surface area contributed by atoms with Crippen molar-refractivity contribution >= 4 is 5.91 Å². The molecule has 0 aliphatic rings. The predicted octanol–water partition coefficient (Wildman–Crippen LogP) is 2.25. The van der Waals surface area contributed by atoms with E-state index in [-0.39, 0.29) is 24.5 Å². The second kappa shape index (κ2) is 7.80. The summed E-state index contributed by atoms with van der Waals surface area (Å²) in [7, 11) is 3.19. The number of ether oxygens (including phenoxy) is 1. The highest BCUT2D eigenvalue weighted by molar-refractivity contribution is 5.95. The van der Waals surface area contributed by atoms with Crippen molar-refractivity contribution in [3.05, 3.63) is 47.8 Å². The molecule has 25 heavy (non-hydrogen) atoms. The SMILES string of the molecule is COCC(O)CN(C)C(=O)c1cn(-c2ccccc2)nc1C(C)(C)C. The van der Waals surface area contributed by atoms with Crippen LogP contribution in [0.3, 0.4) is 0 Å². The number of aromatic nitrogens is 2. The van der Waals surface area contributed by atoms with Gasteiger partial charge in [0.05, 0.1) is 29.7 Å². The topological polar surface area (TPSA) is 67.6 Å². The first-order valence-corrected chi connectivity index (χ1v) is 8.32. The molecule has 1 unspecified atom stereocenters. The molecule has 1 amide bonds. The molecule has 0 fully saturated rings. The molecule has 0 aliphatic carbocycles. The molecule has 1 heterocycles. The van der Waals surface area contributed by atoms with Crippen molar-refractivity contribution < 1.29 is 14.6 Å². The van der Waals surface area contributed by atoms with Gasteiger partial charge < -0.3 is 14.7 Å². The molecule has 6 nitrogen and oxygen atoms in total. The van der Waals surface area contributed by atoms with E-state index >= 15 is 0 Å². The van der Waals surface area contributed by atoms with Gasteiger partial charge in [0.25, 0.3) is 5.91 Å². The molecular weight excluding hydrogens is 318 g/mol. The summed E-state index contributed by atoms with van der Waals surface area (Å²) in [5.74, 6) is -0.165. The van der Waals surface area contributed by atoms with Crippen LogP contribution in [0.25, 0.3) is 5.69 Å². The van der Waals surface area contributed by atoms with Crippen LogP contribution in [-0.4, -0.2) is 59.1 Å². The number of hydrogen-bond acceptors (Lipinski definition) is 4. The van der Waals surface area contributed by atoms with Crippen molar-refractivity contribution in [2.24, 2.45) is 0 Å². The Kier molecular flexibility index (Phi) is 5.98. The van der Waals surface area contributed by atoms with Crippen LogP contribution in [0.1, 0.15) is 36.8 Å². The van der Waals surface area contributed by atoms with Crippen molar-refractivity contribution in [3.63, 3.8) is 0 Å². The Morgan fingerprint density at radius 3 is 2.52 bits per heavy atom. The number of benzene rings is 1. The number of carbonyl (C=O) groups excluding carboxylic acids is 1. The predicted molar refractivity (Wildman–Crippen MR) is 97.1 cm³/mol. The van der Waals surface area contributed by atoms with Crippen LogP contribution in [-0.2, 0) is 10.2 Å². The van der Waals surface area contributed by atoms with Crippen LogP contribution in [0, 0.1) is 0 Å². The van der Waals surface area contributed by atoms with Crippen LogP contribution in [0.4, 0.5) is 0 Å². The smallest absolute Gasteiger partial charge is 0.257 e. The zero-order valence-corrected chi connectivity index (χ0v) is 15.6. The standard InChI is InChI=1S/C19H27N3O3/c1-19(2,3)17-16(18(24)21(4)11-15(23)13-25-5)12-22(20-17)14-9-7-6-8-10-14/h6-10,12,15,23H,11,13H2,1-5H3. The van der Waals surface area contributed by atoms with E-state index in [9.17, 15) is 9.90 Å². The maximum atomic E-state index is 12.9. The lowest BCUT2D eigenvalue weighted by Crippen LogP contribution is -2.37. The summed E-state index contributed by atoms with van der Waals surface area (Å²) in [6.07, 6.45) is 1.04. The minimum Gasteiger partial charge on any atom is -0.389 e. The van der Waals surface area contributed by atoms with Crippen molar-refractivity contribution in [3.8, 4) is 5.69 Å². The number of methoxy groups -OCH3 is 1. The maximum absolute atomic E-state index is 12.9. The molecule has 0 saturated carbocycles. The number of aliphatic hydroxyl groups excluding tert-OH is 1. The van der Waals surface area contributed by atoms with E-state index in [0.717, 1.165) is 11.4 Å². The highest BCUT2D eigenvalue weighted by atomic mass is 16.5. The number of nitrogens with zero attached hydrogens (tertiary/aromatic N) is 3. The van der Waals surface area contributed by atoms with E-state index in [4.69, 9.17) is 4.74 Å². The van der Waals surface area contributed by atoms with Gasteiger partial charge in [0.2, 0.25) is 0 Å². The molecule has 1 N–H and O–H groups in total. The van der Waals surface area contributed by atoms with Crippen molar-refractivity contribution in [1.82, 2.24) is 14.7 Å². The van der Waals surface area contributed by atoms with Crippen molar-refractivity contribution in [1.29, 1.82) is 0 Å². The number of aliphatic hydroxyl groups is 1. The van der Waals surface area contributed by atoms with Gasteiger partial charge in [-0.1, -0.05) is 39.0 Å². The Balaban J connectivity index is 2.35. The van der Waals surface area contributed by atoms with E-state index < -0.39 is 6.10 Å². The third-order valence-corrected chi connectivity index (χ3v) is 3.87. The molecule has 1 aromatic heterocycles.